The molecule has 0 amide bonds. The Morgan fingerprint density at radius 3 is 1.29 bits per heavy atom. The molecule has 166 valence electrons. The van der Waals surface area contributed by atoms with Gasteiger partial charge in [-0.25, -0.2) is 0 Å². The predicted octanol–water partition coefficient (Wildman–Crippen LogP) is 4.23. The lowest BCUT2D eigenvalue weighted by Crippen LogP contribution is -2.37. The van der Waals surface area contributed by atoms with Gasteiger partial charge >= 0.3 is 11.9 Å². The topological polar surface area (TPSA) is 105 Å². The molecule has 0 aliphatic carbocycles. The Balaban J connectivity index is 3.69. The molecule has 0 saturated carbocycles. The number of esters is 2. The average molecular weight is 401 g/mol. The van der Waals surface area contributed by atoms with E-state index in [1.54, 1.807) is 0 Å². The molecule has 0 spiro atoms. The molecule has 0 saturated heterocycles. The van der Waals surface area contributed by atoms with Gasteiger partial charge < -0.3 is 20.9 Å². The molecule has 0 aliphatic heterocycles. The van der Waals surface area contributed by atoms with Crippen molar-refractivity contribution >= 4 is 11.9 Å². The Morgan fingerprint density at radius 2 is 0.929 bits per heavy atom. The standard InChI is InChI=1S/C22H44N2O4/c1-3-5-7-9-11-13-17-27-21(25)19(23)15-16-20(24)22(26)28-18-14-12-10-8-6-4-2/h19-20H,3-18,23-24H2,1-2H3. The molecule has 2 atom stereocenters. The van der Waals surface area contributed by atoms with Gasteiger partial charge in [0.1, 0.15) is 12.1 Å². The van der Waals surface area contributed by atoms with E-state index < -0.39 is 24.0 Å². The molecule has 0 rings (SSSR count). The van der Waals surface area contributed by atoms with Gasteiger partial charge in [0, 0.05) is 0 Å². The summed E-state index contributed by atoms with van der Waals surface area (Å²) in [6, 6.07) is -1.48. The normalized spacial score (nSPS) is 13.1. The highest BCUT2D eigenvalue weighted by Gasteiger charge is 2.20. The zero-order chi connectivity index (χ0) is 21.0. The molecule has 0 aromatic carbocycles. The van der Waals surface area contributed by atoms with Crippen molar-refractivity contribution in [3.05, 3.63) is 0 Å². The molecule has 6 heteroatoms. The maximum absolute atomic E-state index is 11.9. The molecule has 0 heterocycles. The summed E-state index contributed by atoms with van der Waals surface area (Å²) in [6.07, 6.45) is 14.3. The van der Waals surface area contributed by atoms with Crippen molar-refractivity contribution in [2.45, 2.75) is 116 Å². The van der Waals surface area contributed by atoms with Gasteiger partial charge in [0.25, 0.3) is 0 Å². The second-order valence-corrected chi connectivity index (χ2v) is 7.66. The first-order valence-electron chi connectivity index (χ1n) is 11.4. The maximum atomic E-state index is 11.9. The van der Waals surface area contributed by atoms with Gasteiger partial charge in [-0.2, -0.15) is 0 Å². The van der Waals surface area contributed by atoms with Gasteiger partial charge in [-0.1, -0.05) is 78.1 Å². The Bertz CT molecular complexity index is 355. The van der Waals surface area contributed by atoms with E-state index in [0.29, 0.717) is 26.1 Å². The lowest BCUT2D eigenvalue weighted by Gasteiger charge is -2.15. The van der Waals surface area contributed by atoms with Gasteiger partial charge in [-0.15, -0.1) is 0 Å². The van der Waals surface area contributed by atoms with Crippen molar-refractivity contribution in [1.82, 2.24) is 0 Å². The maximum Gasteiger partial charge on any atom is 0.322 e. The molecular weight excluding hydrogens is 356 g/mol. The van der Waals surface area contributed by atoms with Crippen LogP contribution in [0, 0.1) is 0 Å². The summed E-state index contributed by atoms with van der Waals surface area (Å²) in [5, 5.41) is 0. The lowest BCUT2D eigenvalue weighted by molar-refractivity contribution is -0.147. The monoisotopic (exact) mass is 400 g/mol. The number of ether oxygens (including phenoxy) is 2. The van der Waals surface area contributed by atoms with Crippen molar-refractivity contribution in [3.8, 4) is 0 Å². The minimum absolute atomic E-state index is 0.322. The van der Waals surface area contributed by atoms with Crippen molar-refractivity contribution in [1.29, 1.82) is 0 Å². The first-order chi connectivity index (χ1) is 13.5. The lowest BCUT2D eigenvalue weighted by atomic mass is 10.1. The van der Waals surface area contributed by atoms with Crippen LogP contribution in [0.15, 0.2) is 0 Å². The van der Waals surface area contributed by atoms with Crippen molar-refractivity contribution in [2.24, 2.45) is 11.5 Å². The van der Waals surface area contributed by atoms with Crippen molar-refractivity contribution < 1.29 is 19.1 Å². The molecule has 0 aromatic rings. The SMILES string of the molecule is CCCCCCCCOC(=O)C(N)CCC(N)C(=O)OCCCCCCCC. The fourth-order valence-corrected chi connectivity index (χ4v) is 2.92. The van der Waals surface area contributed by atoms with Gasteiger partial charge in [0.2, 0.25) is 0 Å². The third kappa shape index (κ3) is 15.9. The Labute approximate surface area is 172 Å². The van der Waals surface area contributed by atoms with Crippen molar-refractivity contribution in [3.63, 3.8) is 0 Å². The minimum atomic E-state index is -0.738. The van der Waals surface area contributed by atoms with Crippen LogP contribution in [0.1, 0.15) is 104 Å². The third-order valence-corrected chi connectivity index (χ3v) is 4.88. The summed E-state index contributed by atoms with van der Waals surface area (Å²) in [5.74, 6) is -0.831. The Morgan fingerprint density at radius 1 is 0.607 bits per heavy atom. The molecule has 0 radical (unpaired) electrons. The van der Waals surface area contributed by atoms with Crippen LogP contribution in [-0.2, 0) is 19.1 Å². The molecule has 4 N–H and O–H groups in total. The molecule has 2 unspecified atom stereocenters. The largest absolute Gasteiger partial charge is 0.465 e. The van der Waals surface area contributed by atoms with Crippen LogP contribution in [-0.4, -0.2) is 37.2 Å². The number of carbonyl (C=O) groups excluding carboxylic acids is 2. The second kappa shape index (κ2) is 19.2. The van der Waals surface area contributed by atoms with E-state index in [9.17, 15) is 9.59 Å². The number of rotatable bonds is 19. The number of nitrogens with two attached hydrogens (primary N) is 2. The van der Waals surface area contributed by atoms with E-state index in [4.69, 9.17) is 20.9 Å². The fraction of sp³-hybridized carbons (Fsp3) is 0.909. The smallest absolute Gasteiger partial charge is 0.322 e. The van der Waals surface area contributed by atoms with E-state index in [2.05, 4.69) is 13.8 Å². The number of unbranched alkanes of at least 4 members (excludes halogenated alkanes) is 10. The third-order valence-electron chi connectivity index (χ3n) is 4.88. The molecule has 0 aliphatic rings. The average Bonchev–Trinajstić information content (AvgIpc) is 2.69. The Hall–Kier alpha value is -1.14. The van der Waals surface area contributed by atoms with Crippen LogP contribution >= 0.6 is 0 Å². The molecule has 6 nitrogen and oxygen atoms in total. The molecular formula is C22H44N2O4. The minimum Gasteiger partial charge on any atom is -0.465 e. The van der Waals surface area contributed by atoms with Crippen molar-refractivity contribution in [2.75, 3.05) is 13.2 Å². The van der Waals surface area contributed by atoms with Crippen LogP contribution < -0.4 is 11.5 Å². The summed E-state index contributed by atoms with van der Waals surface area (Å²) >= 11 is 0. The van der Waals surface area contributed by atoms with Crippen LogP contribution in [0.25, 0.3) is 0 Å². The first-order valence-corrected chi connectivity index (χ1v) is 11.4. The van der Waals surface area contributed by atoms with Crippen LogP contribution in [0.2, 0.25) is 0 Å². The zero-order valence-electron chi connectivity index (χ0n) is 18.3. The summed E-state index contributed by atoms with van der Waals surface area (Å²) < 4.78 is 10.4. The number of carbonyl (C=O) groups is 2. The molecule has 28 heavy (non-hydrogen) atoms. The van der Waals surface area contributed by atoms with Gasteiger partial charge in [0.15, 0.2) is 0 Å². The highest BCUT2D eigenvalue weighted by Crippen LogP contribution is 2.08. The highest BCUT2D eigenvalue weighted by molar-refractivity contribution is 5.77. The number of hydrogen-bond acceptors (Lipinski definition) is 6. The number of hydrogen-bond donors (Lipinski definition) is 2. The first kappa shape index (κ1) is 26.9. The van der Waals surface area contributed by atoms with Gasteiger partial charge in [-0.3, -0.25) is 9.59 Å². The second-order valence-electron chi connectivity index (χ2n) is 7.66. The highest BCUT2D eigenvalue weighted by atomic mass is 16.5. The zero-order valence-corrected chi connectivity index (χ0v) is 18.3. The van der Waals surface area contributed by atoms with E-state index in [1.807, 2.05) is 0 Å². The van der Waals surface area contributed by atoms with Crippen LogP contribution in [0.4, 0.5) is 0 Å². The quantitative estimate of drug-likeness (QED) is 0.248. The summed E-state index contributed by atoms with van der Waals surface area (Å²) in [5.41, 5.74) is 11.7. The molecule has 0 fully saturated rings. The Kier molecular flexibility index (Phi) is 18.4. The predicted molar refractivity (Wildman–Crippen MR) is 114 cm³/mol. The molecule has 0 bridgehead atoms. The van der Waals surface area contributed by atoms with Gasteiger partial charge in [0.05, 0.1) is 13.2 Å². The summed E-state index contributed by atoms with van der Waals surface area (Å²) in [4.78, 5) is 23.8. The fourth-order valence-electron chi connectivity index (χ4n) is 2.92. The summed E-state index contributed by atoms with van der Waals surface area (Å²) in [6.45, 7) is 5.19. The van der Waals surface area contributed by atoms with E-state index in [1.165, 1.54) is 51.4 Å². The van der Waals surface area contributed by atoms with Gasteiger partial charge in [-0.05, 0) is 25.7 Å². The van der Waals surface area contributed by atoms with Crippen LogP contribution in [0.3, 0.4) is 0 Å². The van der Waals surface area contributed by atoms with Crippen LogP contribution in [0.5, 0.6) is 0 Å². The van der Waals surface area contributed by atoms with E-state index in [-0.39, 0.29) is 0 Å². The summed E-state index contributed by atoms with van der Waals surface area (Å²) in [7, 11) is 0. The van der Waals surface area contributed by atoms with E-state index in [0.717, 1.165) is 25.7 Å². The molecule has 0 aromatic heterocycles. The van der Waals surface area contributed by atoms with E-state index >= 15 is 0 Å².